The predicted molar refractivity (Wildman–Crippen MR) is 76.6 cm³/mol. The Labute approximate surface area is 104 Å². The van der Waals surface area contributed by atoms with Crippen LogP contribution in [0.3, 0.4) is 0 Å². The van der Waals surface area contributed by atoms with Crippen molar-refractivity contribution in [3.8, 4) is 0 Å². The van der Waals surface area contributed by atoms with Crippen molar-refractivity contribution in [2.75, 3.05) is 0 Å². The van der Waals surface area contributed by atoms with Crippen LogP contribution in [0.5, 0.6) is 0 Å². The van der Waals surface area contributed by atoms with E-state index in [1.54, 1.807) is 0 Å². The SMILES string of the molecule is CC(C)(C)O[Si](C)(C)[Si](C)(C)OC(C)(C)C. The first-order valence-electron chi connectivity index (χ1n) is 6.07. The fraction of sp³-hybridized carbons (Fsp3) is 1.00. The Morgan fingerprint density at radius 1 is 0.562 bits per heavy atom. The molecule has 0 amide bonds. The third kappa shape index (κ3) is 5.61. The van der Waals surface area contributed by atoms with Gasteiger partial charge in [-0.1, -0.05) is 0 Å². The van der Waals surface area contributed by atoms with Crippen molar-refractivity contribution in [1.82, 2.24) is 0 Å². The summed E-state index contributed by atoms with van der Waals surface area (Å²) < 4.78 is 12.6. The lowest BCUT2D eigenvalue weighted by Gasteiger charge is -2.44. The highest BCUT2D eigenvalue weighted by molar-refractivity contribution is 7.35. The Bertz CT molecular complexity index is 208. The topological polar surface area (TPSA) is 18.5 Å². The van der Waals surface area contributed by atoms with Crippen molar-refractivity contribution in [1.29, 1.82) is 0 Å². The van der Waals surface area contributed by atoms with E-state index in [2.05, 4.69) is 67.7 Å². The summed E-state index contributed by atoms with van der Waals surface area (Å²) in [4.78, 5) is 0. The normalized spacial score (nSPS) is 15.4. The van der Waals surface area contributed by atoms with Crippen molar-refractivity contribution < 1.29 is 8.85 Å². The van der Waals surface area contributed by atoms with Crippen LogP contribution in [0.1, 0.15) is 41.5 Å². The van der Waals surface area contributed by atoms with Gasteiger partial charge in [-0.25, -0.2) is 0 Å². The Morgan fingerprint density at radius 2 is 0.750 bits per heavy atom. The third-order valence-electron chi connectivity index (χ3n) is 2.57. The first kappa shape index (κ1) is 16.4. The molecule has 2 nitrogen and oxygen atoms in total. The summed E-state index contributed by atoms with van der Waals surface area (Å²) in [6, 6.07) is 0. The average molecular weight is 263 g/mol. The van der Waals surface area contributed by atoms with E-state index >= 15 is 0 Å². The van der Waals surface area contributed by atoms with Crippen molar-refractivity contribution in [2.24, 2.45) is 0 Å². The van der Waals surface area contributed by atoms with Crippen LogP contribution in [0.4, 0.5) is 0 Å². The van der Waals surface area contributed by atoms with E-state index in [4.69, 9.17) is 8.85 Å². The summed E-state index contributed by atoms with van der Waals surface area (Å²) >= 11 is 0. The van der Waals surface area contributed by atoms with Gasteiger partial charge in [-0.2, -0.15) is 0 Å². The standard InChI is InChI=1S/C12H30O2Si2/c1-11(2,3)13-15(7,8)16(9,10)14-12(4,5)6/h1-10H3. The second kappa shape index (κ2) is 4.55. The quantitative estimate of drug-likeness (QED) is 0.713. The van der Waals surface area contributed by atoms with Crippen LogP contribution in [0.25, 0.3) is 0 Å². The first-order chi connectivity index (χ1) is 6.66. The molecule has 0 aromatic heterocycles. The fourth-order valence-electron chi connectivity index (χ4n) is 1.78. The van der Waals surface area contributed by atoms with Crippen molar-refractivity contribution in [3.63, 3.8) is 0 Å². The van der Waals surface area contributed by atoms with Crippen LogP contribution >= 0.6 is 0 Å². The molecule has 0 N–H and O–H groups in total. The van der Waals surface area contributed by atoms with Gasteiger partial charge in [0.15, 0.2) is 0 Å². The predicted octanol–water partition coefficient (Wildman–Crippen LogP) is 4.11. The van der Waals surface area contributed by atoms with Gasteiger partial charge in [0.1, 0.15) is 0 Å². The molecule has 0 unspecified atom stereocenters. The highest BCUT2D eigenvalue weighted by Gasteiger charge is 2.49. The Hall–Kier alpha value is 0.354. The summed E-state index contributed by atoms with van der Waals surface area (Å²) in [5.41, 5.74) is -0.136. The Balaban J connectivity index is 4.85. The molecule has 0 aliphatic carbocycles. The van der Waals surface area contributed by atoms with Crippen LogP contribution < -0.4 is 0 Å². The minimum atomic E-state index is -1.76. The van der Waals surface area contributed by atoms with Gasteiger partial charge in [-0.15, -0.1) is 0 Å². The van der Waals surface area contributed by atoms with Crippen LogP contribution in [-0.2, 0) is 8.85 Å². The second-order valence-electron chi connectivity index (χ2n) is 7.45. The van der Waals surface area contributed by atoms with E-state index in [-0.39, 0.29) is 11.2 Å². The van der Waals surface area contributed by atoms with Crippen LogP contribution in [0, 0.1) is 0 Å². The maximum atomic E-state index is 6.31. The van der Waals surface area contributed by atoms with Crippen molar-refractivity contribution in [2.45, 2.75) is 78.9 Å². The summed E-state index contributed by atoms with van der Waals surface area (Å²) in [7, 11) is -3.52. The molecule has 0 radical (unpaired) electrons. The molecule has 4 heteroatoms. The highest BCUT2D eigenvalue weighted by atomic mass is 29.3. The molecule has 0 aliphatic heterocycles. The molecule has 0 bridgehead atoms. The maximum Gasteiger partial charge on any atom is 0.205 e. The van der Waals surface area contributed by atoms with Gasteiger partial charge < -0.3 is 8.85 Å². The van der Waals surface area contributed by atoms with Gasteiger partial charge in [0.25, 0.3) is 0 Å². The Morgan fingerprint density at radius 3 is 0.875 bits per heavy atom. The molecule has 98 valence electrons. The lowest BCUT2D eigenvalue weighted by molar-refractivity contribution is 0.103. The molecular weight excluding hydrogens is 232 g/mol. The summed E-state index contributed by atoms with van der Waals surface area (Å²) in [5, 5.41) is 0. The molecular formula is C12H30O2Si2. The van der Waals surface area contributed by atoms with Gasteiger partial charge in [0.2, 0.25) is 15.7 Å². The van der Waals surface area contributed by atoms with Crippen LogP contribution in [-0.4, -0.2) is 26.9 Å². The van der Waals surface area contributed by atoms with Gasteiger partial charge in [-0.3, -0.25) is 0 Å². The number of rotatable bonds is 3. The first-order valence-corrected chi connectivity index (χ1v) is 12.9. The minimum Gasteiger partial charge on any atom is -0.413 e. The summed E-state index contributed by atoms with van der Waals surface area (Å²) in [6.45, 7) is 21.9. The molecule has 16 heavy (non-hydrogen) atoms. The molecule has 0 aromatic carbocycles. The summed E-state index contributed by atoms with van der Waals surface area (Å²) in [6.07, 6.45) is 0. The van der Waals surface area contributed by atoms with E-state index in [9.17, 15) is 0 Å². The monoisotopic (exact) mass is 262 g/mol. The van der Waals surface area contributed by atoms with Gasteiger partial charge in [-0.05, 0) is 67.7 Å². The van der Waals surface area contributed by atoms with Gasteiger partial charge in [0.05, 0.1) is 0 Å². The Kier molecular flexibility index (Phi) is 4.66. The van der Waals surface area contributed by atoms with E-state index in [0.29, 0.717) is 0 Å². The molecule has 0 heterocycles. The second-order valence-corrected chi connectivity index (χ2v) is 21.1. The zero-order valence-corrected chi connectivity index (χ0v) is 14.8. The van der Waals surface area contributed by atoms with E-state index in [0.717, 1.165) is 0 Å². The van der Waals surface area contributed by atoms with Gasteiger partial charge >= 0.3 is 0 Å². The highest BCUT2D eigenvalue weighted by Crippen LogP contribution is 2.29. The minimum absolute atomic E-state index is 0.0682. The molecule has 0 atom stereocenters. The summed E-state index contributed by atoms with van der Waals surface area (Å²) in [5.74, 6) is 0. The van der Waals surface area contributed by atoms with Crippen molar-refractivity contribution in [3.05, 3.63) is 0 Å². The van der Waals surface area contributed by atoms with Gasteiger partial charge in [0, 0.05) is 11.2 Å². The maximum absolute atomic E-state index is 6.31. The smallest absolute Gasteiger partial charge is 0.205 e. The van der Waals surface area contributed by atoms with E-state index in [1.807, 2.05) is 0 Å². The zero-order chi connectivity index (χ0) is 13.4. The van der Waals surface area contributed by atoms with Crippen molar-refractivity contribution >= 4 is 15.7 Å². The number of hydrogen-bond acceptors (Lipinski definition) is 2. The molecule has 0 fully saturated rings. The van der Waals surface area contributed by atoms with E-state index < -0.39 is 15.7 Å². The molecule has 0 aliphatic rings. The lowest BCUT2D eigenvalue weighted by Crippen LogP contribution is -2.63. The average Bonchev–Trinajstić information content (AvgIpc) is 1.72. The molecule has 0 aromatic rings. The molecule has 0 saturated carbocycles. The largest absolute Gasteiger partial charge is 0.413 e. The molecule has 0 saturated heterocycles. The van der Waals surface area contributed by atoms with Crippen LogP contribution in [0.15, 0.2) is 0 Å². The lowest BCUT2D eigenvalue weighted by atomic mass is 10.2. The van der Waals surface area contributed by atoms with Crippen LogP contribution in [0.2, 0.25) is 26.2 Å². The zero-order valence-electron chi connectivity index (χ0n) is 12.8. The molecule has 0 spiro atoms. The third-order valence-corrected chi connectivity index (χ3v) is 17.0. The fourth-order valence-corrected chi connectivity index (χ4v) is 8.64. The molecule has 0 rings (SSSR count). The van der Waals surface area contributed by atoms with E-state index in [1.165, 1.54) is 0 Å². The number of hydrogen-bond donors (Lipinski definition) is 0.